The quantitative estimate of drug-likeness (QED) is 0.404. The fourth-order valence-electron chi connectivity index (χ4n) is 3.47. The number of hydrogen-bond acceptors (Lipinski definition) is 2. The van der Waals surface area contributed by atoms with Gasteiger partial charge in [-0.05, 0) is 35.9 Å². The number of rotatable bonds is 0. The number of aromatic amines is 1. The zero-order valence-corrected chi connectivity index (χ0v) is 12.9. The summed E-state index contributed by atoms with van der Waals surface area (Å²) in [7, 11) is 0. The molecule has 24 heavy (non-hydrogen) atoms. The first-order chi connectivity index (χ1) is 11.7. The minimum Gasteiger partial charge on any atom is -0.354 e. The topological polar surface area (TPSA) is 44.9 Å². The van der Waals surface area contributed by atoms with Crippen molar-refractivity contribution in [2.24, 2.45) is 0 Å². The zero-order valence-electron chi connectivity index (χ0n) is 12.9. The third-order valence-corrected chi connectivity index (χ3v) is 4.69. The molecule has 1 aliphatic rings. The Bertz CT molecular complexity index is 1220. The molecule has 0 saturated carbocycles. The fraction of sp³-hybridized carbons (Fsp3) is 0. The average Bonchev–Trinajstić information content (AvgIpc) is 2.62. The summed E-state index contributed by atoms with van der Waals surface area (Å²) in [6.07, 6.45) is 0. The molecule has 0 spiro atoms. The molecule has 4 aromatic rings. The van der Waals surface area contributed by atoms with E-state index in [1.165, 1.54) is 0 Å². The van der Waals surface area contributed by atoms with Gasteiger partial charge in [0, 0.05) is 38.8 Å². The maximum Gasteiger partial charge on any atom is 0.197 e. The molecule has 0 amide bonds. The maximum absolute atomic E-state index is 12.8. The Morgan fingerprint density at radius 3 is 2.46 bits per heavy atom. The highest BCUT2D eigenvalue weighted by molar-refractivity contribution is 6.02. The number of fused-ring (bicyclic) bond motifs is 4. The first-order valence-corrected chi connectivity index (χ1v) is 7.87. The minimum atomic E-state index is 0.0495. The standard InChI is InChI=1S/C21H14N2O/c1-12-13-6-2-4-8-17(13)22-19-11-16-20(10-15(12)19)23-18-9-5-3-7-14(18)21(16)24/h2-11,22H,1H2,(H,23,24). The number of aromatic nitrogens is 1. The number of anilines is 2. The Kier molecular flexibility index (Phi) is 2.51. The van der Waals surface area contributed by atoms with Crippen LogP contribution < -0.4 is 10.7 Å². The van der Waals surface area contributed by atoms with Crippen LogP contribution in [0.2, 0.25) is 0 Å². The molecule has 0 atom stereocenters. The lowest BCUT2D eigenvalue weighted by molar-refractivity contribution is 1.42. The largest absolute Gasteiger partial charge is 0.354 e. The molecule has 0 fully saturated rings. The van der Waals surface area contributed by atoms with Gasteiger partial charge in [-0.25, -0.2) is 0 Å². The molecule has 5 rings (SSSR count). The van der Waals surface area contributed by atoms with Gasteiger partial charge in [-0.15, -0.1) is 0 Å². The molecule has 3 nitrogen and oxygen atoms in total. The van der Waals surface area contributed by atoms with Crippen molar-refractivity contribution in [3.63, 3.8) is 0 Å². The summed E-state index contributed by atoms with van der Waals surface area (Å²) in [5.41, 5.74) is 6.76. The van der Waals surface area contributed by atoms with Gasteiger partial charge in [0.2, 0.25) is 0 Å². The van der Waals surface area contributed by atoms with E-state index in [0.29, 0.717) is 10.8 Å². The van der Waals surface area contributed by atoms with Crippen LogP contribution in [0.25, 0.3) is 27.4 Å². The Hall–Kier alpha value is -3.33. The van der Waals surface area contributed by atoms with Crippen molar-refractivity contribution in [3.05, 3.63) is 88.6 Å². The second kappa shape index (κ2) is 4.59. The van der Waals surface area contributed by atoms with Crippen molar-refractivity contribution in [3.8, 4) is 0 Å². The summed E-state index contributed by atoms with van der Waals surface area (Å²) < 4.78 is 0. The van der Waals surface area contributed by atoms with E-state index in [2.05, 4.69) is 22.9 Å². The van der Waals surface area contributed by atoms with Crippen LogP contribution in [0.15, 0.2) is 72.0 Å². The molecule has 1 aromatic heterocycles. The first-order valence-electron chi connectivity index (χ1n) is 7.87. The van der Waals surface area contributed by atoms with Crippen LogP contribution in [0.5, 0.6) is 0 Å². The smallest absolute Gasteiger partial charge is 0.197 e. The lowest BCUT2D eigenvalue weighted by Gasteiger charge is -2.24. The van der Waals surface area contributed by atoms with Crippen LogP contribution in [0.1, 0.15) is 11.1 Å². The molecule has 0 aliphatic carbocycles. The van der Waals surface area contributed by atoms with E-state index in [4.69, 9.17) is 0 Å². The molecule has 2 N–H and O–H groups in total. The molecule has 0 saturated heterocycles. The highest BCUT2D eigenvalue weighted by atomic mass is 16.1. The highest BCUT2D eigenvalue weighted by Crippen LogP contribution is 2.40. The average molecular weight is 310 g/mol. The maximum atomic E-state index is 12.8. The van der Waals surface area contributed by atoms with Crippen LogP contribution >= 0.6 is 0 Å². The van der Waals surface area contributed by atoms with Crippen LogP contribution in [-0.4, -0.2) is 4.98 Å². The summed E-state index contributed by atoms with van der Waals surface area (Å²) in [6, 6.07) is 19.6. The van der Waals surface area contributed by atoms with E-state index in [1.54, 1.807) is 0 Å². The predicted octanol–water partition coefficient (Wildman–Crippen LogP) is 4.80. The minimum absolute atomic E-state index is 0.0495. The van der Waals surface area contributed by atoms with Crippen molar-refractivity contribution < 1.29 is 0 Å². The molecule has 0 bridgehead atoms. The van der Waals surface area contributed by atoms with Crippen molar-refractivity contribution >= 4 is 38.8 Å². The van der Waals surface area contributed by atoms with E-state index in [-0.39, 0.29) is 5.43 Å². The summed E-state index contributed by atoms with van der Waals surface area (Å²) in [4.78, 5) is 16.2. The molecular weight excluding hydrogens is 296 g/mol. The van der Waals surface area contributed by atoms with E-state index >= 15 is 0 Å². The molecular formula is C21H14N2O. The third kappa shape index (κ3) is 1.69. The lowest BCUT2D eigenvalue weighted by Crippen LogP contribution is -2.09. The summed E-state index contributed by atoms with van der Waals surface area (Å²) in [5, 5.41) is 4.82. The molecule has 0 unspecified atom stereocenters. The van der Waals surface area contributed by atoms with Crippen LogP contribution in [0.3, 0.4) is 0 Å². The van der Waals surface area contributed by atoms with E-state index < -0.39 is 0 Å². The number of para-hydroxylation sites is 2. The predicted molar refractivity (Wildman–Crippen MR) is 99.9 cm³/mol. The molecule has 1 aliphatic heterocycles. The van der Waals surface area contributed by atoms with Gasteiger partial charge in [-0.3, -0.25) is 4.79 Å². The van der Waals surface area contributed by atoms with E-state index in [9.17, 15) is 4.79 Å². The Balaban J connectivity index is 1.86. The van der Waals surface area contributed by atoms with Crippen LogP contribution in [0, 0.1) is 0 Å². The fourth-order valence-corrected chi connectivity index (χ4v) is 3.47. The third-order valence-electron chi connectivity index (χ3n) is 4.69. The molecule has 3 aromatic carbocycles. The van der Waals surface area contributed by atoms with Gasteiger partial charge in [0.05, 0.1) is 5.52 Å². The summed E-state index contributed by atoms with van der Waals surface area (Å²) in [6.45, 7) is 4.26. The Morgan fingerprint density at radius 1 is 0.750 bits per heavy atom. The van der Waals surface area contributed by atoms with Crippen molar-refractivity contribution in [1.29, 1.82) is 0 Å². The van der Waals surface area contributed by atoms with Crippen LogP contribution in [-0.2, 0) is 0 Å². The molecule has 3 heteroatoms. The summed E-state index contributed by atoms with van der Waals surface area (Å²) >= 11 is 0. The van der Waals surface area contributed by atoms with Gasteiger partial charge in [0.15, 0.2) is 5.43 Å². The number of nitrogens with one attached hydrogen (secondary N) is 2. The van der Waals surface area contributed by atoms with Gasteiger partial charge in [0.1, 0.15) is 0 Å². The van der Waals surface area contributed by atoms with Gasteiger partial charge < -0.3 is 10.3 Å². The number of H-pyrrole nitrogens is 1. The number of benzene rings is 3. The lowest BCUT2D eigenvalue weighted by atomic mass is 9.91. The van der Waals surface area contributed by atoms with E-state index in [0.717, 1.165) is 39.1 Å². The van der Waals surface area contributed by atoms with Crippen molar-refractivity contribution in [2.75, 3.05) is 5.32 Å². The Morgan fingerprint density at radius 2 is 1.54 bits per heavy atom. The normalized spacial score (nSPS) is 12.8. The second-order valence-corrected chi connectivity index (χ2v) is 6.09. The number of hydrogen-bond donors (Lipinski definition) is 2. The Labute approximate surface area is 138 Å². The molecule has 0 radical (unpaired) electrons. The van der Waals surface area contributed by atoms with Crippen LogP contribution in [0.4, 0.5) is 11.4 Å². The first kappa shape index (κ1) is 13.1. The molecule has 114 valence electrons. The van der Waals surface area contributed by atoms with Gasteiger partial charge in [0.25, 0.3) is 0 Å². The van der Waals surface area contributed by atoms with E-state index in [1.807, 2.05) is 54.6 Å². The SMILES string of the molecule is C=C1c2ccccc2Nc2cc3c(=O)c4ccccc4[nH]c3cc21. The molecule has 2 heterocycles. The monoisotopic (exact) mass is 310 g/mol. The van der Waals surface area contributed by atoms with Crippen molar-refractivity contribution in [1.82, 2.24) is 4.98 Å². The number of pyridine rings is 1. The summed E-state index contributed by atoms with van der Waals surface area (Å²) in [5.74, 6) is 0. The van der Waals surface area contributed by atoms with Gasteiger partial charge in [-0.1, -0.05) is 36.9 Å². The van der Waals surface area contributed by atoms with Gasteiger partial charge >= 0.3 is 0 Å². The second-order valence-electron chi connectivity index (χ2n) is 6.09. The zero-order chi connectivity index (χ0) is 16.3. The van der Waals surface area contributed by atoms with Crippen molar-refractivity contribution in [2.45, 2.75) is 0 Å². The van der Waals surface area contributed by atoms with Gasteiger partial charge in [-0.2, -0.15) is 0 Å². The highest BCUT2D eigenvalue weighted by Gasteiger charge is 2.19.